The number of nitrogens with two attached hydrogens (primary N) is 2. The van der Waals surface area contributed by atoms with Crippen molar-refractivity contribution < 1.29 is 38.6 Å². The number of rotatable bonds is 16. The van der Waals surface area contributed by atoms with E-state index in [1.165, 1.54) is 11.9 Å². The quantitative estimate of drug-likeness (QED) is 0.107. The van der Waals surface area contributed by atoms with Gasteiger partial charge in [0.25, 0.3) is 0 Å². The van der Waals surface area contributed by atoms with Crippen LogP contribution in [0.15, 0.2) is 84.9 Å². The molecule has 314 valence electrons. The first-order valence-electron chi connectivity index (χ1n) is 19.8. The van der Waals surface area contributed by atoms with Crippen LogP contribution in [0.3, 0.4) is 0 Å². The van der Waals surface area contributed by atoms with Crippen LogP contribution in [0.4, 0.5) is 0 Å². The maximum absolute atomic E-state index is 14.5. The van der Waals surface area contributed by atoms with E-state index < -0.39 is 48.1 Å². The Kier molecular flexibility index (Phi) is 16.1. The average Bonchev–Trinajstić information content (AvgIpc) is 3.25. The van der Waals surface area contributed by atoms with Gasteiger partial charge in [0.1, 0.15) is 30.8 Å². The minimum Gasteiger partial charge on any atom is -0.492 e. The van der Waals surface area contributed by atoms with Gasteiger partial charge in [-0.1, -0.05) is 67.1 Å². The van der Waals surface area contributed by atoms with Gasteiger partial charge in [-0.15, -0.1) is 0 Å². The summed E-state index contributed by atoms with van der Waals surface area (Å²) in [6.45, 7) is 1.61. The number of benzene rings is 4. The summed E-state index contributed by atoms with van der Waals surface area (Å²) in [7, 11) is 1.42. The monoisotopic (exact) mass is 835 g/mol. The third kappa shape index (κ3) is 11.2. The molecule has 0 radical (unpaired) electrons. The Morgan fingerprint density at radius 3 is 2.10 bits per heavy atom. The third-order valence-corrected chi connectivity index (χ3v) is 10.7. The van der Waals surface area contributed by atoms with E-state index in [0.717, 1.165) is 11.1 Å². The van der Waals surface area contributed by atoms with Gasteiger partial charge in [-0.3, -0.25) is 24.0 Å². The van der Waals surface area contributed by atoms with E-state index in [-0.39, 0.29) is 70.0 Å². The molecule has 6 N–H and O–H groups in total. The number of aliphatic hydroxyl groups is 1. The van der Waals surface area contributed by atoms with E-state index in [0.29, 0.717) is 44.3 Å². The molecule has 0 unspecified atom stereocenters. The summed E-state index contributed by atoms with van der Waals surface area (Å²) in [5, 5.41) is 23.1. The van der Waals surface area contributed by atoms with Crippen LogP contribution in [0.1, 0.15) is 60.1 Å². The molecule has 0 aliphatic carbocycles. The minimum atomic E-state index is -1.29. The van der Waals surface area contributed by atoms with Crippen molar-refractivity contribution in [2.75, 3.05) is 40.0 Å². The van der Waals surface area contributed by atoms with Crippen molar-refractivity contribution in [1.29, 1.82) is 5.26 Å². The Bertz CT molecular complexity index is 2220. The smallest absolute Gasteiger partial charge is 0.229 e. The summed E-state index contributed by atoms with van der Waals surface area (Å²) in [5.41, 5.74) is 15.8. The minimum absolute atomic E-state index is 0.0376. The summed E-state index contributed by atoms with van der Waals surface area (Å²) in [6, 6.07) is 24.1. The van der Waals surface area contributed by atoms with E-state index in [2.05, 4.69) is 5.32 Å². The Labute approximate surface area is 354 Å². The van der Waals surface area contributed by atoms with Gasteiger partial charge < -0.3 is 36.3 Å². The van der Waals surface area contributed by atoms with E-state index in [4.69, 9.17) is 32.5 Å². The molecule has 0 aromatic heterocycles. The van der Waals surface area contributed by atoms with Gasteiger partial charge in [0.05, 0.1) is 24.6 Å². The first-order valence-corrected chi connectivity index (χ1v) is 20.2. The topological polar surface area (TPSA) is 215 Å². The number of nitrogens with zero attached hydrogens (tertiary/aromatic N) is 2. The highest BCUT2D eigenvalue weighted by molar-refractivity contribution is 6.30. The molecule has 4 aromatic rings. The molecule has 14 heteroatoms. The molecule has 0 saturated carbocycles. The lowest BCUT2D eigenvalue weighted by Gasteiger charge is -2.32. The molecule has 4 bridgehead atoms. The van der Waals surface area contributed by atoms with Crippen molar-refractivity contribution >= 4 is 40.8 Å². The van der Waals surface area contributed by atoms with Crippen LogP contribution < -0.4 is 26.3 Å². The molecule has 0 saturated heterocycles. The predicted octanol–water partition coefficient (Wildman–Crippen LogP) is 5.24. The molecule has 4 aromatic carbocycles. The Morgan fingerprint density at radius 1 is 0.900 bits per heavy atom. The molecule has 5 rings (SSSR count). The highest BCUT2D eigenvalue weighted by atomic mass is 35.5. The fourth-order valence-electron chi connectivity index (χ4n) is 7.19. The number of ketones is 3. The largest absolute Gasteiger partial charge is 0.492 e. The van der Waals surface area contributed by atoms with Gasteiger partial charge in [-0.2, -0.15) is 5.26 Å². The van der Waals surface area contributed by atoms with Crippen molar-refractivity contribution in [2.45, 2.75) is 51.1 Å². The number of halogens is 1. The number of fused-ring (bicyclic) bond motifs is 5. The first-order chi connectivity index (χ1) is 28.9. The summed E-state index contributed by atoms with van der Waals surface area (Å²) < 4.78 is 12.1. The zero-order chi connectivity index (χ0) is 43.3. The lowest BCUT2D eigenvalue weighted by Crippen LogP contribution is -2.46. The van der Waals surface area contributed by atoms with Crippen LogP contribution in [0, 0.1) is 23.2 Å². The van der Waals surface area contributed by atoms with Crippen LogP contribution in [0.5, 0.6) is 11.5 Å². The number of nitriles is 1. The normalized spacial score (nSPS) is 17.1. The Morgan fingerprint density at radius 2 is 1.50 bits per heavy atom. The van der Waals surface area contributed by atoms with E-state index in [1.807, 2.05) is 18.2 Å². The van der Waals surface area contributed by atoms with Crippen LogP contribution in [0.2, 0.25) is 5.02 Å². The van der Waals surface area contributed by atoms with Gasteiger partial charge in [-0.25, -0.2) is 0 Å². The molecular formula is C46H50ClN5O8. The van der Waals surface area contributed by atoms with E-state index in [1.54, 1.807) is 79.7 Å². The molecule has 1 heterocycles. The summed E-state index contributed by atoms with van der Waals surface area (Å²) >= 11 is 6.03. The number of carbonyl (C=O) groups is 5. The maximum atomic E-state index is 14.5. The highest BCUT2D eigenvalue weighted by Gasteiger charge is 2.36. The highest BCUT2D eigenvalue weighted by Crippen LogP contribution is 2.41. The average molecular weight is 836 g/mol. The summed E-state index contributed by atoms with van der Waals surface area (Å²) in [6.07, 6.45) is -0.701. The van der Waals surface area contributed by atoms with Crippen molar-refractivity contribution in [3.63, 3.8) is 0 Å². The molecule has 0 fully saturated rings. The SMILES string of the molecule is C[C@@H]1CC(=O)[C@@H](N(C)C(=O)[C@H](CO)CC(=O)c2ccc(-c3ccc(Cl)cc3)cc2)c2ccc(OCCN)c(c2)-c2cc(ccc2OCCN)C[C@@H](C(=O)CCC#N)NC1=O. The van der Waals surface area contributed by atoms with Gasteiger partial charge >= 0.3 is 0 Å². The third-order valence-electron chi connectivity index (χ3n) is 10.4. The van der Waals surface area contributed by atoms with Crippen LogP contribution in [-0.4, -0.2) is 85.2 Å². The Balaban J connectivity index is 1.55. The molecule has 60 heavy (non-hydrogen) atoms. The van der Waals surface area contributed by atoms with Crippen molar-refractivity contribution in [3.8, 4) is 39.8 Å². The van der Waals surface area contributed by atoms with Gasteiger partial charge in [-0.05, 0) is 65.1 Å². The maximum Gasteiger partial charge on any atom is 0.229 e. The lowest BCUT2D eigenvalue weighted by molar-refractivity contribution is -0.143. The molecule has 2 amide bonds. The molecule has 13 nitrogen and oxygen atoms in total. The van der Waals surface area contributed by atoms with Gasteiger partial charge in [0, 0.05) is 73.5 Å². The second-order valence-corrected chi connectivity index (χ2v) is 15.2. The fraction of sp³-hybridized carbons (Fsp3) is 0.348. The van der Waals surface area contributed by atoms with Crippen molar-refractivity contribution in [2.24, 2.45) is 23.3 Å². The second-order valence-electron chi connectivity index (χ2n) is 14.8. The molecule has 4 atom stereocenters. The van der Waals surface area contributed by atoms with E-state index in [9.17, 15) is 34.3 Å². The number of likely N-dealkylation sites (N-methyl/N-ethyl adjacent to an activating group) is 1. The zero-order valence-electron chi connectivity index (χ0n) is 33.7. The lowest BCUT2D eigenvalue weighted by atomic mass is 9.88. The number of amides is 2. The standard InChI is InChI=1S/C46H50ClN5O8/c1-28-22-41(56)44(52(2)46(58)34(27-53)26-40(55)32-8-6-30(7-9-32)31-10-13-35(47)14-11-31)33-12-16-43(60-21-19-50)37(25-33)36-23-29(5-15-42(36)59-20-18-49)24-38(51-45(28)57)39(54)4-3-17-48/h5-16,23,25,28,34,38,44,53H,3-4,18-22,24,26-27,49-50H2,1-2H3,(H,51,57)/t28-,34+,38+,44+/m1/s1. The van der Waals surface area contributed by atoms with Crippen molar-refractivity contribution in [1.82, 2.24) is 10.2 Å². The van der Waals surface area contributed by atoms with Gasteiger partial charge in [0.15, 0.2) is 17.3 Å². The van der Waals surface area contributed by atoms with Crippen LogP contribution >= 0.6 is 11.6 Å². The second kappa shape index (κ2) is 21.4. The number of hydrogen-bond donors (Lipinski definition) is 4. The van der Waals surface area contributed by atoms with Crippen molar-refractivity contribution in [3.05, 3.63) is 107 Å². The number of Topliss-reactive ketones (excluding diaryl/α,β-unsaturated/α-hetero) is 3. The number of aliphatic hydroxyl groups excluding tert-OH is 1. The number of ether oxygens (including phenoxy) is 2. The fourth-order valence-corrected chi connectivity index (χ4v) is 7.32. The summed E-state index contributed by atoms with van der Waals surface area (Å²) in [5.74, 6) is -3.78. The predicted molar refractivity (Wildman–Crippen MR) is 227 cm³/mol. The Hall–Kier alpha value is -5.91. The number of carbonyl (C=O) groups excluding carboxylic acids is 5. The first kappa shape index (κ1) is 45.2. The number of hydrogen-bond acceptors (Lipinski definition) is 11. The van der Waals surface area contributed by atoms with E-state index >= 15 is 0 Å². The summed E-state index contributed by atoms with van der Waals surface area (Å²) in [4.78, 5) is 70.7. The zero-order valence-corrected chi connectivity index (χ0v) is 34.5. The molecular weight excluding hydrogens is 786 g/mol. The molecule has 0 spiro atoms. The van der Waals surface area contributed by atoms with Gasteiger partial charge in [0.2, 0.25) is 11.8 Å². The molecule has 1 aliphatic rings. The van der Waals surface area contributed by atoms with Crippen LogP contribution in [-0.2, 0) is 25.6 Å². The number of nitrogens with one attached hydrogen (secondary N) is 1. The van der Waals surface area contributed by atoms with Crippen LogP contribution in [0.25, 0.3) is 22.3 Å². The molecule has 1 aliphatic heterocycles.